The molecule has 0 amide bonds. The van der Waals surface area contributed by atoms with Crippen LogP contribution in [-0.2, 0) is 5.88 Å². The van der Waals surface area contributed by atoms with Gasteiger partial charge in [0.1, 0.15) is 5.75 Å². The summed E-state index contributed by atoms with van der Waals surface area (Å²) in [5.74, 6) is 1.73. The minimum Gasteiger partial charge on any atom is -0.439 e. The number of hydrogen-bond donors (Lipinski definition) is 0. The molecule has 0 fully saturated rings. The fourth-order valence-corrected chi connectivity index (χ4v) is 1.87. The lowest BCUT2D eigenvalue weighted by Gasteiger charge is -2.08. The van der Waals surface area contributed by atoms with Crippen LogP contribution in [0.5, 0.6) is 11.6 Å². The van der Waals surface area contributed by atoms with E-state index in [0.29, 0.717) is 11.8 Å². The van der Waals surface area contributed by atoms with E-state index in [2.05, 4.69) is 20.9 Å². The molecule has 17 heavy (non-hydrogen) atoms. The van der Waals surface area contributed by atoms with Crippen LogP contribution in [0.3, 0.4) is 0 Å². The van der Waals surface area contributed by atoms with E-state index in [1.54, 1.807) is 0 Å². The Bertz CT molecular complexity index is 531. The largest absolute Gasteiger partial charge is 0.439 e. The maximum absolute atomic E-state index is 5.73. The lowest BCUT2D eigenvalue weighted by Crippen LogP contribution is -1.92. The number of alkyl halides is 1. The van der Waals surface area contributed by atoms with E-state index in [9.17, 15) is 0 Å². The number of ether oxygens (including phenoxy) is 1. The highest BCUT2D eigenvalue weighted by Crippen LogP contribution is 2.27. The Hall–Kier alpha value is -1.06. The molecule has 0 radical (unpaired) electrons. The number of halogens is 2. The summed E-state index contributed by atoms with van der Waals surface area (Å²) in [6.07, 6.45) is 0. The van der Waals surface area contributed by atoms with E-state index >= 15 is 0 Å². The van der Waals surface area contributed by atoms with E-state index in [0.717, 1.165) is 21.5 Å². The zero-order valence-corrected chi connectivity index (χ0v) is 11.6. The highest BCUT2D eigenvalue weighted by molar-refractivity contribution is 9.10. The Morgan fingerprint density at radius 3 is 2.88 bits per heavy atom. The molecule has 0 atom stereocenters. The number of aryl methyl sites for hydroxylation is 1. The van der Waals surface area contributed by atoms with Crippen LogP contribution in [0.2, 0.25) is 0 Å². The predicted molar refractivity (Wildman–Crippen MR) is 72.7 cm³/mol. The zero-order valence-electron chi connectivity index (χ0n) is 9.28. The Kier molecular flexibility index (Phi) is 4.02. The molecule has 0 N–H and O–H groups in total. The lowest BCUT2D eigenvalue weighted by molar-refractivity contribution is 0.458. The summed E-state index contributed by atoms with van der Waals surface area (Å²) in [5, 5.41) is 0. The van der Waals surface area contributed by atoms with Crippen LogP contribution >= 0.6 is 27.5 Å². The van der Waals surface area contributed by atoms with Gasteiger partial charge in [0.05, 0.1) is 11.6 Å². The van der Waals surface area contributed by atoms with Crippen LogP contribution in [0.4, 0.5) is 0 Å². The van der Waals surface area contributed by atoms with Crippen molar-refractivity contribution in [3.8, 4) is 11.6 Å². The second-order valence-electron chi connectivity index (χ2n) is 3.61. The number of pyridine rings is 1. The molecule has 0 aliphatic carbocycles. The second kappa shape index (κ2) is 5.52. The quantitative estimate of drug-likeness (QED) is 0.767. The van der Waals surface area contributed by atoms with Gasteiger partial charge >= 0.3 is 0 Å². The van der Waals surface area contributed by atoms with Gasteiger partial charge in [0, 0.05) is 10.5 Å². The van der Waals surface area contributed by atoms with Crippen molar-refractivity contribution < 1.29 is 4.74 Å². The maximum Gasteiger partial charge on any atom is 0.219 e. The van der Waals surface area contributed by atoms with Crippen LogP contribution in [-0.4, -0.2) is 4.98 Å². The van der Waals surface area contributed by atoms with Crippen molar-refractivity contribution >= 4 is 27.5 Å². The normalized spacial score (nSPS) is 10.3. The van der Waals surface area contributed by atoms with E-state index in [1.165, 1.54) is 0 Å². The monoisotopic (exact) mass is 311 g/mol. The molecule has 0 saturated heterocycles. The van der Waals surface area contributed by atoms with Gasteiger partial charge in [0.15, 0.2) is 0 Å². The maximum atomic E-state index is 5.73. The van der Waals surface area contributed by atoms with Gasteiger partial charge in [-0.25, -0.2) is 4.98 Å². The molecule has 0 spiro atoms. The smallest absolute Gasteiger partial charge is 0.219 e. The summed E-state index contributed by atoms with van der Waals surface area (Å²) < 4.78 is 6.71. The number of benzene rings is 1. The molecule has 1 heterocycles. The molecule has 2 rings (SSSR count). The molecule has 88 valence electrons. The van der Waals surface area contributed by atoms with Gasteiger partial charge in [-0.3, -0.25) is 0 Å². The summed E-state index contributed by atoms with van der Waals surface area (Å²) in [4.78, 5) is 4.29. The fourth-order valence-electron chi connectivity index (χ4n) is 1.39. The lowest BCUT2D eigenvalue weighted by atomic mass is 10.2. The van der Waals surface area contributed by atoms with Crippen LogP contribution in [0.15, 0.2) is 40.9 Å². The van der Waals surface area contributed by atoms with Gasteiger partial charge in [-0.05, 0) is 30.7 Å². The highest BCUT2D eigenvalue weighted by Gasteiger charge is 2.04. The Morgan fingerprint density at radius 1 is 1.29 bits per heavy atom. The summed E-state index contributed by atoms with van der Waals surface area (Å²) in [6.45, 7) is 1.99. The van der Waals surface area contributed by atoms with Gasteiger partial charge < -0.3 is 4.74 Å². The van der Waals surface area contributed by atoms with E-state index in [4.69, 9.17) is 16.3 Å². The second-order valence-corrected chi connectivity index (χ2v) is 4.80. The highest BCUT2D eigenvalue weighted by atomic mass is 79.9. The van der Waals surface area contributed by atoms with E-state index < -0.39 is 0 Å². The van der Waals surface area contributed by atoms with Crippen molar-refractivity contribution in [3.05, 3.63) is 52.1 Å². The summed E-state index contributed by atoms with van der Waals surface area (Å²) in [6, 6.07) is 11.5. The minimum absolute atomic E-state index is 0.384. The van der Waals surface area contributed by atoms with Gasteiger partial charge in [-0.15, -0.1) is 11.6 Å². The molecular formula is C13H11BrClNO. The SMILES string of the molecule is Cc1ccc(Br)cc1Oc1cccc(CCl)n1. The van der Waals surface area contributed by atoms with Crippen molar-refractivity contribution in [2.45, 2.75) is 12.8 Å². The first-order chi connectivity index (χ1) is 8.19. The summed E-state index contributed by atoms with van der Waals surface area (Å²) >= 11 is 9.15. The number of rotatable bonds is 3. The first-order valence-corrected chi connectivity index (χ1v) is 6.47. The van der Waals surface area contributed by atoms with E-state index in [1.807, 2.05) is 43.3 Å². The summed E-state index contributed by atoms with van der Waals surface area (Å²) in [5.41, 5.74) is 1.86. The van der Waals surface area contributed by atoms with Gasteiger partial charge in [0.25, 0.3) is 0 Å². The molecule has 2 aromatic rings. The molecule has 0 aliphatic heterocycles. The van der Waals surface area contributed by atoms with Crippen molar-refractivity contribution in [3.63, 3.8) is 0 Å². The average molecular weight is 313 g/mol. The molecular weight excluding hydrogens is 302 g/mol. The number of hydrogen-bond acceptors (Lipinski definition) is 2. The van der Waals surface area contributed by atoms with Crippen LogP contribution in [0, 0.1) is 6.92 Å². The summed E-state index contributed by atoms with van der Waals surface area (Å²) in [7, 11) is 0. The van der Waals surface area contributed by atoms with E-state index in [-0.39, 0.29) is 0 Å². The molecule has 0 bridgehead atoms. The molecule has 1 aromatic heterocycles. The first kappa shape index (κ1) is 12.4. The van der Waals surface area contributed by atoms with Crippen molar-refractivity contribution in [2.75, 3.05) is 0 Å². The standard InChI is InChI=1S/C13H11BrClNO/c1-9-5-6-10(14)7-12(9)17-13-4-2-3-11(8-15)16-13/h2-7H,8H2,1H3. The molecule has 2 nitrogen and oxygen atoms in total. The zero-order chi connectivity index (χ0) is 12.3. The van der Waals surface area contributed by atoms with Gasteiger partial charge in [0.2, 0.25) is 5.88 Å². The van der Waals surface area contributed by atoms with Crippen LogP contribution in [0.1, 0.15) is 11.3 Å². The fraction of sp³-hybridized carbons (Fsp3) is 0.154. The third-order valence-electron chi connectivity index (χ3n) is 2.28. The van der Waals surface area contributed by atoms with Crippen molar-refractivity contribution in [2.24, 2.45) is 0 Å². The Labute approximate surface area is 114 Å². The van der Waals surface area contributed by atoms with Crippen molar-refractivity contribution in [1.82, 2.24) is 4.98 Å². The Morgan fingerprint density at radius 2 is 2.12 bits per heavy atom. The topological polar surface area (TPSA) is 22.1 Å². The van der Waals surface area contributed by atoms with Gasteiger partial charge in [-0.1, -0.05) is 28.1 Å². The van der Waals surface area contributed by atoms with Crippen molar-refractivity contribution in [1.29, 1.82) is 0 Å². The number of aromatic nitrogens is 1. The average Bonchev–Trinajstić information content (AvgIpc) is 2.34. The Balaban J connectivity index is 2.27. The van der Waals surface area contributed by atoms with Crippen LogP contribution in [0.25, 0.3) is 0 Å². The molecule has 0 saturated carbocycles. The predicted octanol–water partition coefficient (Wildman–Crippen LogP) is 4.68. The first-order valence-electron chi connectivity index (χ1n) is 5.15. The van der Waals surface area contributed by atoms with Gasteiger partial charge in [-0.2, -0.15) is 0 Å². The number of nitrogens with zero attached hydrogens (tertiary/aromatic N) is 1. The molecule has 0 aliphatic rings. The molecule has 1 aromatic carbocycles. The van der Waals surface area contributed by atoms with Crippen LogP contribution < -0.4 is 4.74 Å². The molecule has 4 heteroatoms. The molecule has 0 unspecified atom stereocenters. The third-order valence-corrected chi connectivity index (χ3v) is 3.05. The third kappa shape index (κ3) is 3.20. The minimum atomic E-state index is 0.384.